The lowest BCUT2D eigenvalue weighted by molar-refractivity contribution is -0.142. The van der Waals surface area contributed by atoms with Crippen LogP contribution in [0.25, 0.3) is 0 Å². The number of carbonyl (C=O) groups excluding carboxylic acids is 2. The average Bonchev–Trinajstić information content (AvgIpc) is 3.11. The summed E-state index contributed by atoms with van der Waals surface area (Å²) in [6.07, 6.45) is 1.54. The minimum absolute atomic E-state index is 0.0560. The van der Waals surface area contributed by atoms with Gasteiger partial charge in [-0.3, -0.25) is 9.59 Å². The molecule has 0 bridgehead atoms. The van der Waals surface area contributed by atoms with Crippen molar-refractivity contribution < 1.29 is 14.7 Å². The number of aliphatic hydroxyl groups excluding tert-OH is 1. The smallest absolute Gasteiger partial charge is 0.231 e. The third kappa shape index (κ3) is 2.25. The van der Waals surface area contributed by atoms with E-state index in [4.69, 9.17) is 0 Å². The summed E-state index contributed by atoms with van der Waals surface area (Å²) in [5, 5.41) is 9.45. The molecule has 2 heterocycles. The van der Waals surface area contributed by atoms with E-state index in [0.717, 1.165) is 6.42 Å². The van der Waals surface area contributed by atoms with Crippen molar-refractivity contribution in [1.29, 1.82) is 0 Å². The van der Waals surface area contributed by atoms with Gasteiger partial charge >= 0.3 is 0 Å². The van der Waals surface area contributed by atoms with Crippen molar-refractivity contribution in [3.63, 3.8) is 0 Å². The van der Waals surface area contributed by atoms with E-state index in [1.54, 1.807) is 0 Å². The lowest BCUT2D eigenvalue weighted by atomic mass is 9.73. The van der Waals surface area contributed by atoms with Gasteiger partial charge in [0.15, 0.2) is 0 Å². The zero-order chi connectivity index (χ0) is 16.9. The van der Waals surface area contributed by atoms with Crippen LogP contribution in [-0.2, 0) is 9.59 Å². The molecule has 1 saturated carbocycles. The summed E-state index contributed by atoms with van der Waals surface area (Å²) < 4.78 is 0. The second-order valence-corrected chi connectivity index (χ2v) is 7.64. The molecule has 5 nitrogen and oxygen atoms in total. The zero-order valence-corrected chi connectivity index (χ0v) is 14.0. The Hall–Kier alpha value is -1.88. The summed E-state index contributed by atoms with van der Waals surface area (Å²) in [5.41, 5.74) is 0.706. The largest absolute Gasteiger partial charge is 0.393 e. The number of carbonyl (C=O) groups is 2. The molecular formula is C19H24N2O3. The summed E-state index contributed by atoms with van der Waals surface area (Å²) in [5.74, 6) is 0.368. The summed E-state index contributed by atoms with van der Waals surface area (Å²) in [6.45, 7) is 1.88. The first kappa shape index (κ1) is 15.6. The van der Waals surface area contributed by atoms with Gasteiger partial charge in [-0.05, 0) is 24.8 Å². The van der Waals surface area contributed by atoms with Gasteiger partial charge in [0.25, 0.3) is 0 Å². The van der Waals surface area contributed by atoms with Crippen molar-refractivity contribution >= 4 is 11.8 Å². The summed E-state index contributed by atoms with van der Waals surface area (Å²) in [6, 6.07) is 10.2. The maximum absolute atomic E-state index is 12.9. The molecule has 2 amide bonds. The molecule has 5 heteroatoms. The second kappa shape index (κ2) is 5.59. The zero-order valence-electron chi connectivity index (χ0n) is 14.0. The number of hydrogen-bond acceptors (Lipinski definition) is 3. The van der Waals surface area contributed by atoms with Crippen LogP contribution in [0, 0.1) is 11.3 Å². The van der Waals surface area contributed by atoms with E-state index in [1.807, 2.05) is 35.0 Å². The molecule has 4 rings (SSSR count). The van der Waals surface area contributed by atoms with E-state index in [-0.39, 0.29) is 29.8 Å². The molecule has 1 aromatic carbocycles. The number of likely N-dealkylation sites (tertiary alicyclic amines) is 2. The van der Waals surface area contributed by atoms with Crippen LogP contribution in [-0.4, -0.2) is 59.5 Å². The molecule has 3 fully saturated rings. The van der Waals surface area contributed by atoms with Gasteiger partial charge in [-0.1, -0.05) is 30.3 Å². The first-order chi connectivity index (χ1) is 11.5. The van der Waals surface area contributed by atoms with Crippen LogP contribution in [0.1, 0.15) is 30.7 Å². The van der Waals surface area contributed by atoms with E-state index >= 15 is 0 Å². The fourth-order valence-electron chi connectivity index (χ4n) is 4.70. The van der Waals surface area contributed by atoms with Crippen molar-refractivity contribution in [1.82, 2.24) is 9.80 Å². The van der Waals surface area contributed by atoms with Crippen molar-refractivity contribution in [2.24, 2.45) is 11.3 Å². The van der Waals surface area contributed by atoms with Crippen molar-refractivity contribution in [3.05, 3.63) is 35.9 Å². The predicted octanol–water partition coefficient (Wildman–Crippen LogP) is 1.23. The highest BCUT2D eigenvalue weighted by Gasteiger charge is 2.57. The van der Waals surface area contributed by atoms with E-state index in [9.17, 15) is 14.7 Å². The quantitative estimate of drug-likeness (QED) is 0.888. The van der Waals surface area contributed by atoms with Crippen LogP contribution >= 0.6 is 0 Å². The maximum Gasteiger partial charge on any atom is 0.231 e. The van der Waals surface area contributed by atoms with Crippen LogP contribution in [0.5, 0.6) is 0 Å². The Balaban J connectivity index is 1.58. The molecule has 128 valence electrons. The number of likely N-dealkylation sites (N-methyl/N-ethyl adjacent to an activating group) is 1. The number of nitrogens with zero attached hydrogens (tertiary/aromatic N) is 2. The third-order valence-corrected chi connectivity index (χ3v) is 6.17. The van der Waals surface area contributed by atoms with Gasteiger partial charge in [0.05, 0.1) is 11.5 Å². The Bertz CT molecular complexity index is 656. The molecule has 24 heavy (non-hydrogen) atoms. The van der Waals surface area contributed by atoms with Gasteiger partial charge in [-0.15, -0.1) is 0 Å². The van der Waals surface area contributed by atoms with Crippen LogP contribution in [0.2, 0.25) is 0 Å². The van der Waals surface area contributed by atoms with E-state index < -0.39 is 5.41 Å². The van der Waals surface area contributed by atoms with Crippen LogP contribution < -0.4 is 0 Å². The molecule has 0 aromatic heterocycles. The molecule has 1 aromatic rings. The number of amides is 2. The van der Waals surface area contributed by atoms with Crippen molar-refractivity contribution in [2.45, 2.75) is 31.3 Å². The molecule has 0 unspecified atom stereocenters. The standard InChI is InChI=1S/C19H24N2O3/c1-20-11-16(13-5-3-2-4-6-13)19(18(20)24)7-8-21(12-19)17(23)14-9-15(22)10-14/h2-6,14-16,22H,7-12H2,1H3/t14?,15?,16-,19-/m1/s1. The molecule has 2 saturated heterocycles. The lowest BCUT2D eigenvalue weighted by Crippen LogP contribution is -2.45. The Morgan fingerprint density at radius 1 is 1.25 bits per heavy atom. The maximum atomic E-state index is 12.9. The Kier molecular flexibility index (Phi) is 3.64. The second-order valence-electron chi connectivity index (χ2n) is 7.64. The highest BCUT2D eigenvalue weighted by molar-refractivity contribution is 5.89. The van der Waals surface area contributed by atoms with Crippen LogP contribution in [0.3, 0.4) is 0 Å². The minimum Gasteiger partial charge on any atom is -0.393 e. The number of aliphatic hydroxyl groups is 1. The van der Waals surface area contributed by atoms with Crippen LogP contribution in [0.15, 0.2) is 30.3 Å². The molecule has 1 aliphatic carbocycles. The predicted molar refractivity (Wildman–Crippen MR) is 89.2 cm³/mol. The molecule has 0 radical (unpaired) electrons. The van der Waals surface area contributed by atoms with Crippen molar-refractivity contribution in [2.75, 3.05) is 26.7 Å². The van der Waals surface area contributed by atoms with E-state index in [2.05, 4.69) is 12.1 Å². The van der Waals surface area contributed by atoms with Crippen molar-refractivity contribution in [3.8, 4) is 0 Å². The summed E-state index contributed by atoms with van der Waals surface area (Å²) in [4.78, 5) is 29.3. The topological polar surface area (TPSA) is 60.9 Å². The van der Waals surface area contributed by atoms with Gasteiger partial charge in [0.2, 0.25) is 11.8 Å². The highest BCUT2D eigenvalue weighted by atomic mass is 16.3. The SMILES string of the molecule is CN1C[C@H](c2ccccc2)[C@]2(CCN(C(=O)C3CC(O)C3)C2)C1=O. The van der Waals surface area contributed by atoms with Gasteiger partial charge < -0.3 is 14.9 Å². The fraction of sp³-hybridized carbons (Fsp3) is 0.579. The molecule has 2 atom stereocenters. The summed E-state index contributed by atoms with van der Waals surface area (Å²) in [7, 11) is 1.86. The molecule has 1 spiro atoms. The van der Waals surface area contributed by atoms with Gasteiger partial charge in [-0.25, -0.2) is 0 Å². The molecule has 2 aliphatic heterocycles. The molecular weight excluding hydrogens is 304 g/mol. The molecule has 3 aliphatic rings. The van der Waals surface area contributed by atoms with Gasteiger partial charge in [0, 0.05) is 38.5 Å². The lowest BCUT2D eigenvalue weighted by Gasteiger charge is -2.34. The Labute approximate surface area is 142 Å². The van der Waals surface area contributed by atoms with E-state index in [0.29, 0.717) is 32.5 Å². The Morgan fingerprint density at radius 3 is 2.62 bits per heavy atom. The average molecular weight is 328 g/mol. The first-order valence-electron chi connectivity index (χ1n) is 8.78. The highest BCUT2D eigenvalue weighted by Crippen LogP contribution is 2.50. The molecule has 1 N–H and O–H groups in total. The van der Waals surface area contributed by atoms with E-state index in [1.165, 1.54) is 5.56 Å². The van der Waals surface area contributed by atoms with Gasteiger partial charge in [-0.2, -0.15) is 0 Å². The first-order valence-corrected chi connectivity index (χ1v) is 8.78. The monoisotopic (exact) mass is 328 g/mol. The number of rotatable bonds is 2. The van der Waals surface area contributed by atoms with Gasteiger partial charge in [0.1, 0.15) is 0 Å². The Morgan fingerprint density at radius 2 is 1.96 bits per heavy atom. The van der Waals surface area contributed by atoms with Crippen LogP contribution in [0.4, 0.5) is 0 Å². The summed E-state index contributed by atoms with van der Waals surface area (Å²) >= 11 is 0. The number of benzene rings is 1. The fourth-order valence-corrected chi connectivity index (χ4v) is 4.70. The normalized spacial score (nSPS) is 35.6. The number of hydrogen-bond donors (Lipinski definition) is 1. The third-order valence-electron chi connectivity index (χ3n) is 6.17. The minimum atomic E-state index is -0.478.